The molecule has 0 aliphatic heterocycles. The zero-order valence-electron chi connectivity index (χ0n) is 14.6. The SMILES string of the molecule is CCCCC(=O)Nc1ccc2nn(-c3cccc4ccccc34)nc2c1. The number of benzene rings is 3. The summed E-state index contributed by atoms with van der Waals surface area (Å²) in [5.74, 6) is 0.0349. The normalized spacial score (nSPS) is 11.1. The van der Waals surface area contributed by atoms with Crippen molar-refractivity contribution < 1.29 is 4.79 Å². The van der Waals surface area contributed by atoms with Gasteiger partial charge in [0.05, 0.1) is 5.69 Å². The predicted molar refractivity (Wildman–Crippen MR) is 105 cm³/mol. The van der Waals surface area contributed by atoms with E-state index in [-0.39, 0.29) is 5.91 Å². The highest BCUT2D eigenvalue weighted by Gasteiger charge is 2.09. The van der Waals surface area contributed by atoms with E-state index in [0.29, 0.717) is 6.42 Å². The molecule has 0 saturated heterocycles. The quantitative estimate of drug-likeness (QED) is 0.571. The lowest BCUT2D eigenvalue weighted by Crippen LogP contribution is -2.10. The summed E-state index contributed by atoms with van der Waals surface area (Å²) in [4.78, 5) is 13.6. The minimum atomic E-state index is 0.0349. The van der Waals surface area contributed by atoms with E-state index in [4.69, 9.17) is 0 Å². The molecule has 1 amide bonds. The van der Waals surface area contributed by atoms with Gasteiger partial charge in [-0.15, -0.1) is 15.0 Å². The first-order valence-electron chi connectivity index (χ1n) is 8.90. The molecule has 26 heavy (non-hydrogen) atoms. The largest absolute Gasteiger partial charge is 0.326 e. The minimum absolute atomic E-state index is 0.0349. The van der Waals surface area contributed by atoms with Gasteiger partial charge in [-0.05, 0) is 36.1 Å². The Kier molecular flexibility index (Phi) is 4.35. The van der Waals surface area contributed by atoms with Crippen LogP contribution in [0.1, 0.15) is 26.2 Å². The van der Waals surface area contributed by atoms with Crippen molar-refractivity contribution in [3.63, 3.8) is 0 Å². The van der Waals surface area contributed by atoms with Crippen LogP contribution in [-0.2, 0) is 4.79 Å². The molecule has 4 aromatic rings. The monoisotopic (exact) mass is 344 g/mol. The second kappa shape index (κ2) is 6.96. The molecule has 5 nitrogen and oxygen atoms in total. The van der Waals surface area contributed by atoms with Crippen LogP contribution in [0, 0.1) is 0 Å². The molecular formula is C21H20N4O. The summed E-state index contributed by atoms with van der Waals surface area (Å²) in [5.41, 5.74) is 3.24. The number of nitrogens with one attached hydrogen (secondary N) is 1. The number of fused-ring (bicyclic) bond motifs is 2. The summed E-state index contributed by atoms with van der Waals surface area (Å²) in [6, 6.07) is 19.9. The van der Waals surface area contributed by atoms with Crippen molar-refractivity contribution in [3.05, 3.63) is 60.7 Å². The lowest BCUT2D eigenvalue weighted by Gasteiger charge is -2.04. The Morgan fingerprint density at radius 3 is 2.69 bits per heavy atom. The van der Waals surface area contributed by atoms with E-state index in [1.54, 1.807) is 4.80 Å². The molecule has 5 heteroatoms. The van der Waals surface area contributed by atoms with Crippen LogP contribution in [-0.4, -0.2) is 20.9 Å². The van der Waals surface area contributed by atoms with Gasteiger partial charge in [0.2, 0.25) is 5.91 Å². The van der Waals surface area contributed by atoms with Crippen molar-refractivity contribution in [1.29, 1.82) is 0 Å². The number of aromatic nitrogens is 3. The van der Waals surface area contributed by atoms with Crippen LogP contribution < -0.4 is 5.32 Å². The summed E-state index contributed by atoms with van der Waals surface area (Å²) >= 11 is 0. The Morgan fingerprint density at radius 2 is 1.81 bits per heavy atom. The van der Waals surface area contributed by atoms with Gasteiger partial charge in [-0.2, -0.15) is 0 Å². The van der Waals surface area contributed by atoms with E-state index in [1.807, 2.05) is 42.5 Å². The van der Waals surface area contributed by atoms with Gasteiger partial charge in [-0.25, -0.2) is 0 Å². The molecule has 1 N–H and O–H groups in total. The van der Waals surface area contributed by atoms with Crippen LogP contribution >= 0.6 is 0 Å². The van der Waals surface area contributed by atoms with Crippen molar-refractivity contribution in [2.24, 2.45) is 0 Å². The van der Waals surface area contributed by atoms with Crippen LogP contribution in [0.15, 0.2) is 60.7 Å². The third-order valence-electron chi connectivity index (χ3n) is 4.40. The zero-order chi connectivity index (χ0) is 17.9. The Labute approximate surface area is 151 Å². The molecule has 0 radical (unpaired) electrons. The first kappa shape index (κ1) is 16.3. The summed E-state index contributed by atoms with van der Waals surface area (Å²) < 4.78 is 0. The number of rotatable bonds is 5. The van der Waals surface area contributed by atoms with Crippen LogP contribution in [0.2, 0.25) is 0 Å². The number of unbranched alkanes of at least 4 members (excludes halogenated alkanes) is 1. The fourth-order valence-corrected chi connectivity index (χ4v) is 3.04. The molecule has 1 heterocycles. The van der Waals surface area contributed by atoms with E-state index < -0.39 is 0 Å². The molecule has 0 unspecified atom stereocenters. The standard InChI is InChI=1S/C21H20N4O/c1-2-3-11-21(26)22-16-12-13-18-19(14-16)24-25(23-18)20-10-6-8-15-7-4-5-9-17(15)20/h4-10,12-14H,2-3,11H2,1H3,(H,22,26). The molecule has 0 spiro atoms. The molecule has 0 saturated carbocycles. The van der Waals surface area contributed by atoms with E-state index in [0.717, 1.165) is 46.0 Å². The lowest BCUT2D eigenvalue weighted by molar-refractivity contribution is -0.116. The number of amides is 1. The van der Waals surface area contributed by atoms with Crippen molar-refractivity contribution in [2.75, 3.05) is 5.32 Å². The fraction of sp³-hybridized carbons (Fsp3) is 0.190. The van der Waals surface area contributed by atoms with Crippen molar-refractivity contribution in [2.45, 2.75) is 26.2 Å². The van der Waals surface area contributed by atoms with E-state index >= 15 is 0 Å². The Bertz CT molecular complexity index is 1080. The van der Waals surface area contributed by atoms with Gasteiger partial charge >= 0.3 is 0 Å². The maximum absolute atomic E-state index is 11.9. The molecule has 0 bridgehead atoms. The molecule has 4 rings (SSSR count). The van der Waals surface area contributed by atoms with Gasteiger partial charge in [-0.3, -0.25) is 4.79 Å². The number of anilines is 1. The third-order valence-corrected chi connectivity index (χ3v) is 4.40. The summed E-state index contributed by atoms with van der Waals surface area (Å²) in [5, 5.41) is 14.4. The van der Waals surface area contributed by atoms with Crippen molar-refractivity contribution >= 4 is 33.4 Å². The first-order chi connectivity index (χ1) is 12.7. The van der Waals surface area contributed by atoms with Gasteiger partial charge in [0.1, 0.15) is 11.0 Å². The topological polar surface area (TPSA) is 59.8 Å². The van der Waals surface area contributed by atoms with Crippen LogP contribution in [0.5, 0.6) is 0 Å². The van der Waals surface area contributed by atoms with Gasteiger partial charge in [-0.1, -0.05) is 49.7 Å². The second-order valence-corrected chi connectivity index (χ2v) is 6.34. The van der Waals surface area contributed by atoms with Crippen molar-refractivity contribution in [3.8, 4) is 5.69 Å². The average molecular weight is 344 g/mol. The Morgan fingerprint density at radius 1 is 1.00 bits per heavy atom. The predicted octanol–water partition coefficient (Wildman–Crippen LogP) is 4.70. The molecule has 0 aliphatic rings. The minimum Gasteiger partial charge on any atom is -0.326 e. The van der Waals surface area contributed by atoms with Crippen LogP contribution in [0.4, 0.5) is 5.69 Å². The lowest BCUT2D eigenvalue weighted by atomic mass is 10.1. The second-order valence-electron chi connectivity index (χ2n) is 6.34. The number of hydrogen-bond donors (Lipinski definition) is 1. The molecule has 0 aliphatic carbocycles. The smallest absolute Gasteiger partial charge is 0.224 e. The molecule has 3 aromatic carbocycles. The molecule has 0 fully saturated rings. The third kappa shape index (κ3) is 3.16. The summed E-state index contributed by atoms with van der Waals surface area (Å²) in [7, 11) is 0. The fourth-order valence-electron chi connectivity index (χ4n) is 3.04. The van der Waals surface area contributed by atoms with E-state index in [2.05, 4.69) is 40.6 Å². The maximum atomic E-state index is 11.9. The van der Waals surface area contributed by atoms with Gasteiger partial charge in [0.25, 0.3) is 0 Å². The highest BCUT2D eigenvalue weighted by atomic mass is 16.1. The number of nitrogens with zero attached hydrogens (tertiary/aromatic N) is 3. The van der Waals surface area contributed by atoms with Crippen LogP contribution in [0.3, 0.4) is 0 Å². The molecule has 1 aromatic heterocycles. The molecule has 130 valence electrons. The number of carbonyl (C=O) groups excluding carboxylic acids is 1. The first-order valence-corrected chi connectivity index (χ1v) is 8.90. The number of carbonyl (C=O) groups is 1. The van der Waals surface area contributed by atoms with Gasteiger partial charge < -0.3 is 5.32 Å². The number of hydrogen-bond acceptors (Lipinski definition) is 3. The highest BCUT2D eigenvalue weighted by Crippen LogP contribution is 2.23. The Hall–Kier alpha value is -3.21. The highest BCUT2D eigenvalue weighted by molar-refractivity contribution is 5.93. The Balaban J connectivity index is 1.68. The molecular weight excluding hydrogens is 324 g/mol. The van der Waals surface area contributed by atoms with Crippen molar-refractivity contribution in [1.82, 2.24) is 15.0 Å². The van der Waals surface area contributed by atoms with E-state index in [1.165, 1.54) is 0 Å². The van der Waals surface area contributed by atoms with E-state index in [9.17, 15) is 4.79 Å². The van der Waals surface area contributed by atoms with Crippen LogP contribution in [0.25, 0.3) is 27.5 Å². The summed E-state index contributed by atoms with van der Waals surface area (Å²) in [6.07, 6.45) is 2.44. The van der Waals surface area contributed by atoms with Gasteiger partial charge in [0, 0.05) is 17.5 Å². The molecule has 0 atom stereocenters. The van der Waals surface area contributed by atoms with Gasteiger partial charge in [0.15, 0.2) is 0 Å². The average Bonchev–Trinajstić information content (AvgIpc) is 3.09. The zero-order valence-corrected chi connectivity index (χ0v) is 14.6. The maximum Gasteiger partial charge on any atom is 0.224 e. The summed E-state index contributed by atoms with van der Waals surface area (Å²) in [6.45, 7) is 2.07.